The zero-order chi connectivity index (χ0) is 25.6. The van der Waals surface area contributed by atoms with E-state index < -0.39 is 11.7 Å². The molecule has 0 aromatic heterocycles. The Hall–Kier alpha value is -2.74. The van der Waals surface area contributed by atoms with Crippen LogP contribution in [0, 0.1) is 11.8 Å². The first-order valence-electron chi connectivity index (χ1n) is 12.3. The lowest BCUT2D eigenvalue weighted by Crippen LogP contribution is -2.41. The van der Waals surface area contributed by atoms with E-state index >= 15 is 0 Å². The minimum Gasteiger partial charge on any atom is -0.378 e. The van der Waals surface area contributed by atoms with Gasteiger partial charge in [-0.2, -0.15) is 13.2 Å². The summed E-state index contributed by atoms with van der Waals surface area (Å²) in [5, 5.41) is 9.37. The zero-order valence-corrected chi connectivity index (χ0v) is 21.0. The lowest BCUT2D eigenvalue weighted by Gasteiger charge is -2.41. The van der Waals surface area contributed by atoms with Gasteiger partial charge < -0.3 is 20.9 Å². The lowest BCUT2D eigenvalue weighted by molar-refractivity contribution is -0.137. The van der Waals surface area contributed by atoms with Gasteiger partial charge >= 0.3 is 12.2 Å². The maximum absolute atomic E-state index is 13.4. The number of carbonyl (C=O) groups is 1. The van der Waals surface area contributed by atoms with Crippen LogP contribution in [-0.4, -0.2) is 44.7 Å². The molecule has 192 valence electrons. The molecular weight excluding hydrogens is 453 g/mol. The first-order chi connectivity index (χ1) is 16.6. The van der Waals surface area contributed by atoms with Gasteiger partial charge in [-0.15, -0.1) is 0 Å². The molecule has 2 amide bonds. The second kappa shape index (κ2) is 11.8. The first-order valence-corrected chi connectivity index (χ1v) is 12.3. The molecule has 0 fully saturated rings. The van der Waals surface area contributed by atoms with Gasteiger partial charge in [0.25, 0.3) is 0 Å². The average Bonchev–Trinajstić information content (AvgIpc) is 2.82. The van der Waals surface area contributed by atoms with E-state index in [2.05, 4.69) is 35.0 Å². The fourth-order valence-electron chi connectivity index (χ4n) is 4.84. The van der Waals surface area contributed by atoms with E-state index in [1.807, 2.05) is 44.1 Å². The van der Waals surface area contributed by atoms with E-state index in [9.17, 15) is 18.0 Å². The molecule has 0 aliphatic carbocycles. The summed E-state index contributed by atoms with van der Waals surface area (Å²) in [6.45, 7) is 5.95. The number of alkyl halides is 3. The van der Waals surface area contributed by atoms with Crippen LogP contribution >= 0.6 is 0 Å². The number of nitrogens with one attached hydrogen (secondary N) is 3. The van der Waals surface area contributed by atoms with Crippen LogP contribution in [0.3, 0.4) is 0 Å². The van der Waals surface area contributed by atoms with Gasteiger partial charge in [-0.1, -0.05) is 50.6 Å². The molecule has 2 aromatic carbocycles. The third-order valence-corrected chi connectivity index (χ3v) is 6.99. The third-order valence-electron chi connectivity index (χ3n) is 6.99. The van der Waals surface area contributed by atoms with Crippen molar-refractivity contribution in [3.63, 3.8) is 0 Å². The van der Waals surface area contributed by atoms with Gasteiger partial charge in [0.05, 0.1) is 11.6 Å². The summed E-state index contributed by atoms with van der Waals surface area (Å²) in [5.41, 5.74) is 1.94. The summed E-state index contributed by atoms with van der Waals surface area (Å²) in [6.07, 6.45) is -2.74. The van der Waals surface area contributed by atoms with Gasteiger partial charge in [0.1, 0.15) is 0 Å². The van der Waals surface area contributed by atoms with Crippen molar-refractivity contribution in [2.24, 2.45) is 11.8 Å². The number of carbonyl (C=O) groups excluding carboxylic acids is 1. The number of fused-ring (bicyclic) bond motifs is 1. The van der Waals surface area contributed by atoms with E-state index in [4.69, 9.17) is 0 Å². The van der Waals surface area contributed by atoms with E-state index in [0.29, 0.717) is 18.7 Å². The molecule has 0 spiro atoms. The highest BCUT2D eigenvalue weighted by Crippen LogP contribution is 2.48. The Morgan fingerprint density at radius 1 is 1.11 bits per heavy atom. The lowest BCUT2D eigenvalue weighted by atomic mass is 9.71. The second-order valence-electron chi connectivity index (χ2n) is 9.74. The Kier molecular flexibility index (Phi) is 9.05. The molecule has 4 atom stereocenters. The quantitative estimate of drug-likeness (QED) is 0.412. The van der Waals surface area contributed by atoms with Crippen LogP contribution < -0.4 is 16.0 Å². The fraction of sp³-hybridized carbons (Fsp3) is 0.519. The van der Waals surface area contributed by atoms with Crippen molar-refractivity contribution in [2.45, 2.75) is 44.8 Å². The van der Waals surface area contributed by atoms with Crippen LogP contribution in [0.25, 0.3) is 0 Å². The number of hydrogen-bond donors (Lipinski definition) is 3. The van der Waals surface area contributed by atoms with Crippen LogP contribution in [0.2, 0.25) is 0 Å². The molecule has 1 heterocycles. The van der Waals surface area contributed by atoms with Crippen LogP contribution in [0.1, 0.15) is 55.3 Å². The number of likely N-dealkylation sites (N-methyl/N-ethyl adjacent to an activating group) is 1. The molecule has 3 rings (SSSR count). The molecule has 4 unspecified atom stereocenters. The maximum atomic E-state index is 13.4. The third kappa shape index (κ3) is 7.13. The van der Waals surface area contributed by atoms with E-state index in [1.54, 1.807) is 6.07 Å². The fourth-order valence-corrected chi connectivity index (χ4v) is 4.84. The summed E-state index contributed by atoms with van der Waals surface area (Å²) in [6, 6.07) is 13.8. The minimum atomic E-state index is -4.38. The highest BCUT2D eigenvalue weighted by Gasteiger charge is 2.38. The Morgan fingerprint density at radius 3 is 2.46 bits per heavy atom. The first kappa shape index (κ1) is 26.9. The molecule has 0 saturated heterocycles. The molecule has 3 N–H and O–H groups in total. The predicted molar refractivity (Wildman–Crippen MR) is 135 cm³/mol. The van der Waals surface area contributed by atoms with Crippen molar-refractivity contribution in [2.75, 3.05) is 39.0 Å². The molecule has 0 bridgehead atoms. The van der Waals surface area contributed by atoms with Crippen molar-refractivity contribution in [3.05, 3.63) is 65.2 Å². The summed E-state index contributed by atoms with van der Waals surface area (Å²) in [4.78, 5) is 14.2. The van der Waals surface area contributed by atoms with Crippen molar-refractivity contribution in [1.82, 2.24) is 15.5 Å². The molecule has 0 saturated carbocycles. The molecule has 2 aromatic rings. The van der Waals surface area contributed by atoms with Gasteiger partial charge in [-0.05, 0) is 67.6 Å². The maximum Gasteiger partial charge on any atom is 0.416 e. The number of nitrogens with zero attached hydrogens (tertiary/aromatic N) is 1. The number of rotatable bonds is 9. The van der Waals surface area contributed by atoms with E-state index in [0.717, 1.165) is 36.7 Å². The molecule has 8 heteroatoms. The number of anilines is 1. The number of hydrogen-bond acceptors (Lipinski definition) is 3. The SMILES string of the molecule is CCC(CNC(=O)NCCN(C)C)CC1C(C)c2cc(C(F)(F)F)ccc2NC1c1ccccc1. The zero-order valence-electron chi connectivity index (χ0n) is 21.0. The topological polar surface area (TPSA) is 56.4 Å². The highest BCUT2D eigenvalue weighted by molar-refractivity contribution is 5.73. The molecular formula is C27H37F3N4O. The largest absolute Gasteiger partial charge is 0.416 e. The smallest absolute Gasteiger partial charge is 0.378 e. The van der Waals surface area contributed by atoms with Gasteiger partial charge in [0, 0.05) is 25.3 Å². The van der Waals surface area contributed by atoms with Crippen molar-refractivity contribution < 1.29 is 18.0 Å². The number of urea groups is 1. The monoisotopic (exact) mass is 490 g/mol. The number of halogens is 3. The van der Waals surface area contributed by atoms with Crippen molar-refractivity contribution >= 4 is 11.7 Å². The van der Waals surface area contributed by atoms with E-state index in [1.165, 1.54) is 6.07 Å². The molecule has 5 nitrogen and oxygen atoms in total. The number of benzene rings is 2. The molecule has 0 radical (unpaired) electrons. The minimum absolute atomic E-state index is 0.0293. The van der Waals surface area contributed by atoms with Crippen LogP contribution in [0.5, 0.6) is 0 Å². The van der Waals surface area contributed by atoms with Gasteiger partial charge in [0.2, 0.25) is 0 Å². The van der Waals surface area contributed by atoms with E-state index in [-0.39, 0.29) is 29.8 Å². The summed E-state index contributed by atoms with van der Waals surface area (Å²) in [5.74, 6) is 0.182. The predicted octanol–water partition coefficient (Wildman–Crippen LogP) is 5.87. The summed E-state index contributed by atoms with van der Waals surface area (Å²) >= 11 is 0. The number of amides is 2. The molecule has 1 aliphatic rings. The Morgan fingerprint density at radius 2 is 1.83 bits per heavy atom. The molecule has 1 aliphatic heterocycles. The van der Waals surface area contributed by atoms with Crippen LogP contribution in [-0.2, 0) is 6.18 Å². The van der Waals surface area contributed by atoms with Crippen molar-refractivity contribution in [1.29, 1.82) is 0 Å². The Bertz CT molecular complexity index is 965. The van der Waals surface area contributed by atoms with Crippen LogP contribution in [0.4, 0.5) is 23.7 Å². The Labute approximate surface area is 206 Å². The standard InChI is InChI=1S/C27H37F3N4O/c1-5-19(17-32-26(35)31-13-14-34(3)4)15-23-18(2)22-16-21(27(28,29)30)11-12-24(22)33-25(23)20-9-7-6-8-10-20/h6-12,16,18-19,23,25,33H,5,13-15,17H2,1-4H3,(H2,31,32,35). The normalized spacial score (nSPS) is 20.6. The van der Waals surface area contributed by atoms with Crippen LogP contribution in [0.15, 0.2) is 48.5 Å². The molecule has 35 heavy (non-hydrogen) atoms. The highest BCUT2D eigenvalue weighted by atomic mass is 19.4. The van der Waals surface area contributed by atoms with Gasteiger partial charge in [0.15, 0.2) is 0 Å². The second-order valence-corrected chi connectivity index (χ2v) is 9.74. The summed E-state index contributed by atoms with van der Waals surface area (Å²) < 4.78 is 40.3. The van der Waals surface area contributed by atoms with Crippen molar-refractivity contribution in [3.8, 4) is 0 Å². The van der Waals surface area contributed by atoms with Gasteiger partial charge in [-0.25, -0.2) is 4.79 Å². The summed E-state index contributed by atoms with van der Waals surface area (Å²) in [7, 11) is 3.90. The van der Waals surface area contributed by atoms with Gasteiger partial charge in [-0.3, -0.25) is 0 Å². The Balaban J connectivity index is 1.79. The average molecular weight is 491 g/mol.